The molecule has 2 rings (SSSR count). The maximum atomic E-state index is 12.3. The van der Waals surface area contributed by atoms with Crippen molar-refractivity contribution >= 4 is 27.2 Å². The summed E-state index contributed by atoms with van der Waals surface area (Å²) in [4.78, 5) is 18.4. The van der Waals surface area contributed by atoms with Crippen LogP contribution in [0.3, 0.4) is 0 Å². The molecule has 1 aliphatic heterocycles. The second-order valence-corrected chi connectivity index (χ2v) is 9.03. The van der Waals surface area contributed by atoms with Crippen molar-refractivity contribution in [3.63, 3.8) is 0 Å². The van der Waals surface area contributed by atoms with Crippen LogP contribution in [0.4, 0.5) is 4.79 Å². The summed E-state index contributed by atoms with van der Waals surface area (Å²) in [6, 6.07) is -0.558. The second-order valence-electron chi connectivity index (χ2n) is 5.70. The number of urea groups is 1. The van der Waals surface area contributed by atoms with Gasteiger partial charge in [-0.3, -0.25) is 0 Å². The van der Waals surface area contributed by atoms with Crippen molar-refractivity contribution in [1.29, 1.82) is 0 Å². The van der Waals surface area contributed by atoms with Crippen LogP contribution in [0.1, 0.15) is 37.6 Å². The Bertz CT molecular complexity index is 586. The average molecular weight is 345 g/mol. The first kappa shape index (κ1) is 17.2. The van der Waals surface area contributed by atoms with Crippen molar-refractivity contribution in [2.75, 3.05) is 24.6 Å². The molecule has 0 radical (unpaired) electrons. The van der Waals surface area contributed by atoms with Gasteiger partial charge in [-0.25, -0.2) is 18.2 Å². The zero-order valence-electron chi connectivity index (χ0n) is 13.0. The molecule has 1 N–H and O–H groups in total. The topological polar surface area (TPSA) is 79.4 Å². The van der Waals surface area contributed by atoms with Crippen LogP contribution in [0, 0.1) is 0 Å². The summed E-state index contributed by atoms with van der Waals surface area (Å²) < 4.78 is 23.2. The van der Waals surface area contributed by atoms with Gasteiger partial charge in [0.1, 0.15) is 0 Å². The van der Waals surface area contributed by atoms with Gasteiger partial charge in [0, 0.05) is 42.4 Å². The number of nitrogens with zero attached hydrogens (tertiary/aromatic N) is 2. The van der Waals surface area contributed by atoms with Crippen LogP contribution in [0.5, 0.6) is 0 Å². The van der Waals surface area contributed by atoms with Crippen molar-refractivity contribution in [3.05, 3.63) is 16.6 Å². The molecule has 1 aromatic rings. The molecule has 22 heavy (non-hydrogen) atoms. The van der Waals surface area contributed by atoms with E-state index in [1.54, 1.807) is 36.3 Å². The number of amides is 2. The van der Waals surface area contributed by atoms with Gasteiger partial charge in [0.25, 0.3) is 0 Å². The second kappa shape index (κ2) is 7.41. The van der Waals surface area contributed by atoms with E-state index in [0.29, 0.717) is 13.1 Å². The van der Waals surface area contributed by atoms with E-state index in [2.05, 4.69) is 10.3 Å². The fraction of sp³-hybridized carbons (Fsp3) is 0.714. The molecule has 0 aliphatic carbocycles. The van der Waals surface area contributed by atoms with Crippen molar-refractivity contribution in [1.82, 2.24) is 15.2 Å². The highest BCUT2D eigenvalue weighted by molar-refractivity contribution is 7.91. The smallest absolute Gasteiger partial charge is 0.317 e. The number of piperidine rings is 1. The maximum Gasteiger partial charge on any atom is 0.317 e. The Balaban J connectivity index is 1.89. The van der Waals surface area contributed by atoms with E-state index >= 15 is 0 Å². The summed E-state index contributed by atoms with van der Waals surface area (Å²) in [6.45, 7) is 4.70. The molecule has 0 aromatic carbocycles. The summed E-state index contributed by atoms with van der Waals surface area (Å²) >= 11 is 1.62. The van der Waals surface area contributed by atoms with Crippen LogP contribution < -0.4 is 5.32 Å². The number of sulfone groups is 1. The number of carbonyl (C=O) groups is 1. The fourth-order valence-corrected chi connectivity index (χ4v) is 4.49. The van der Waals surface area contributed by atoms with Crippen LogP contribution in [0.25, 0.3) is 0 Å². The van der Waals surface area contributed by atoms with E-state index in [0.717, 1.165) is 17.8 Å². The molecule has 1 aliphatic rings. The number of likely N-dealkylation sites (tertiary alicyclic amines) is 1. The summed E-state index contributed by atoms with van der Waals surface area (Å²) in [5.41, 5.74) is 0. The van der Waals surface area contributed by atoms with Gasteiger partial charge in [-0.1, -0.05) is 6.92 Å². The average Bonchev–Trinajstić information content (AvgIpc) is 3.01. The minimum absolute atomic E-state index is 0.0149. The first-order chi connectivity index (χ1) is 10.4. The van der Waals surface area contributed by atoms with E-state index in [-0.39, 0.29) is 29.5 Å². The number of thiazole rings is 1. The molecule has 0 bridgehead atoms. The molecule has 1 saturated heterocycles. The lowest BCUT2D eigenvalue weighted by atomic mass is 9.99. The van der Waals surface area contributed by atoms with Crippen LogP contribution in [-0.2, 0) is 9.84 Å². The quantitative estimate of drug-likeness (QED) is 0.883. The van der Waals surface area contributed by atoms with E-state index in [1.807, 2.05) is 5.38 Å². The number of hydrogen-bond acceptors (Lipinski definition) is 5. The summed E-state index contributed by atoms with van der Waals surface area (Å²) in [6.07, 6.45) is 3.77. The minimum Gasteiger partial charge on any atom is -0.335 e. The molecule has 1 aromatic heterocycles. The van der Waals surface area contributed by atoms with Crippen LogP contribution in [0.2, 0.25) is 0 Å². The predicted molar refractivity (Wildman–Crippen MR) is 88.0 cm³/mol. The molecule has 1 fully saturated rings. The molecular formula is C14H23N3O3S2. The fourth-order valence-electron chi connectivity index (χ4n) is 2.64. The Morgan fingerprint density at radius 1 is 1.59 bits per heavy atom. The third-order valence-electron chi connectivity index (χ3n) is 3.82. The zero-order valence-corrected chi connectivity index (χ0v) is 14.6. The third-order valence-corrected chi connectivity index (χ3v) is 6.65. The molecule has 0 spiro atoms. The monoisotopic (exact) mass is 345 g/mol. The van der Waals surface area contributed by atoms with E-state index in [4.69, 9.17) is 0 Å². The van der Waals surface area contributed by atoms with Gasteiger partial charge < -0.3 is 10.2 Å². The Morgan fingerprint density at radius 3 is 3.00 bits per heavy atom. The highest BCUT2D eigenvalue weighted by atomic mass is 32.2. The van der Waals surface area contributed by atoms with Gasteiger partial charge in [-0.15, -0.1) is 11.3 Å². The molecule has 2 heterocycles. The van der Waals surface area contributed by atoms with Gasteiger partial charge in [-0.05, 0) is 19.8 Å². The van der Waals surface area contributed by atoms with Crippen LogP contribution in [-0.4, -0.2) is 55.0 Å². The number of nitrogens with one attached hydrogen (secondary N) is 1. The Kier molecular flexibility index (Phi) is 5.80. The van der Waals surface area contributed by atoms with Crippen molar-refractivity contribution in [2.45, 2.75) is 38.6 Å². The number of aromatic nitrogens is 1. The summed E-state index contributed by atoms with van der Waals surface area (Å²) in [5, 5.41) is 5.82. The van der Waals surface area contributed by atoms with E-state index in [1.165, 1.54) is 0 Å². The van der Waals surface area contributed by atoms with E-state index < -0.39 is 9.84 Å². The third kappa shape index (κ3) is 4.67. The normalized spacial score (nSPS) is 20.6. The largest absolute Gasteiger partial charge is 0.335 e. The lowest BCUT2D eigenvalue weighted by molar-refractivity contribution is 0.177. The lowest BCUT2D eigenvalue weighted by Gasteiger charge is -2.32. The molecule has 8 heteroatoms. The molecule has 0 unspecified atom stereocenters. The molecular weight excluding hydrogens is 322 g/mol. The van der Waals surface area contributed by atoms with E-state index in [9.17, 15) is 13.2 Å². The number of hydrogen-bond donors (Lipinski definition) is 1. The maximum absolute atomic E-state index is 12.3. The Hall–Kier alpha value is -1.15. The van der Waals surface area contributed by atoms with Crippen molar-refractivity contribution in [3.8, 4) is 0 Å². The number of rotatable bonds is 5. The van der Waals surface area contributed by atoms with Crippen LogP contribution >= 0.6 is 11.3 Å². The first-order valence-corrected chi connectivity index (χ1v) is 10.3. The molecule has 124 valence electrons. The van der Waals surface area contributed by atoms with Crippen LogP contribution in [0.15, 0.2) is 11.6 Å². The van der Waals surface area contributed by atoms with Gasteiger partial charge in [-0.2, -0.15) is 0 Å². The van der Waals surface area contributed by atoms with Crippen molar-refractivity contribution < 1.29 is 13.2 Å². The minimum atomic E-state index is -3.08. The predicted octanol–water partition coefficient (Wildman–Crippen LogP) is 1.86. The molecule has 2 amide bonds. The van der Waals surface area contributed by atoms with Gasteiger partial charge >= 0.3 is 6.03 Å². The molecule has 2 atom stereocenters. The summed E-state index contributed by atoms with van der Waals surface area (Å²) in [7, 11) is -3.08. The van der Waals surface area contributed by atoms with Gasteiger partial charge in [0.2, 0.25) is 0 Å². The van der Waals surface area contributed by atoms with Crippen molar-refractivity contribution in [2.24, 2.45) is 0 Å². The molecule has 6 nitrogen and oxygen atoms in total. The standard InChI is InChI=1S/C14H23N3O3S2/c1-3-22(19,20)10-11(2)16-14(18)17-7-4-5-12(9-17)13-15-6-8-21-13/h6,8,11-12H,3-5,7,9-10H2,1-2H3,(H,16,18)/t11-,12+/m0/s1. The Morgan fingerprint density at radius 2 is 2.36 bits per heavy atom. The van der Waals surface area contributed by atoms with Gasteiger partial charge in [0.15, 0.2) is 9.84 Å². The Labute approximate surface area is 135 Å². The SMILES string of the molecule is CCS(=O)(=O)C[C@H](C)NC(=O)N1CCC[C@@H](c2nccs2)C1. The number of carbonyl (C=O) groups excluding carboxylic acids is 1. The zero-order chi connectivity index (χ0) is 16.2. The first-order valence-electron chi connectivity index (χ1n) is 7.56. The molecule has 0 saturated carbocycles. The van der Waals surface area contributed by atoms with Gasteiger partial charge in [0.05, 0.1) is 10.8 Å². The lowest BCUT2D eigenvalue weighted by Crippen LogP contribution is -2.49. The highest BCUT2D eigenvalue weighted by Gasteiger charge is 2.27. The highest BCUT2D eigenvalue weighted by Crippen LogP contribution is 2.28. The summed E-state index contributed by atoms with van der Waals surface area (Å²) in [5.74, 6) is 0.372.